The normalized spacial score (nSPS) is 18.0. The van der Waals surface area contributed by atoms with Gasteiger partial charge in [-0.25, -0.2) is 0 Å². The zero-order valence-electron chi connectivity index (χ0n) is 15.2. The van der Waals surface area contributed by atoms with Crippen LogP contribution in [0, 0.1) is 5.92 Å². The minimum Gasteiger partial charge on any atom is -0.422 e. The molecule has 3 aromatic rings. The maximum atomic E-state index is 12.8. The van der Waals surface area contributed by atoms with Gasteiger partial charge in [-0.3, -0.25) is 9.59 Å². The van der Waals surface area contributed by atoms with Crippen molar-refractivity contribution in [2.24, 2.45) is 5.92 Å². The molecular weight excluding hydrogens is 401 g/mol. The highest BCUT2D eigenvalue weighted by atomic mass is 35.5. The second kappa shape index (κ2) is 6.83. The lowest BCUT2D eigenvalue weighted by Crippen LogP contribution is -2.48. The van der Waals surface area contributed by atoms with Crippen LogP contribution in [0.15, 0.2) is 48.7 Å². The summed E-state index contributed by atoms with van der Waals surface area (Å²) in [6.45, 7) is 3.05. The predicted molar refractivity (Wildman–Crippen MR) is 106 cm³/mol. The molecule has 1 aliphatic rings. The minimum atomic E-state index is -1.31. The van der Waals surface area contributed by atoms with E-state index in [9.17, 15) is 9.59 Å². The number of carbonyl (C=O) groups is 2. The zero-order valence-corrected chi connectivity index (χ0v) is 16.7. The molecule has 0 spiro atoms. The smallest absolute Gasteiger partial charge is 0.324 e. The van der Waals surface area contributed by atoms with E-state index in [1.54, 1.807) is 24.4 Å². The van der Waals surface area contributed by atoms with Crippen molar-refractivity contribution in [3.05, 3.63) is 69.8 Å². The van der Waals surface area contributed by atoms with Crippen molar-refractivity contribution < 1.29 is 19.1 Å². The summed E-state index contributed by atoms with van der Waals surface area (Å²) in [5.41, 5.74) is 2.22. The number of hydrogen-bond donors (Lipinski definition) is 1. The van der Waals surface area contributed by atoms with Crippen LogP contribution in [0.4, 0.5) is 0 Å². The minimum absolute atomic E-state index is 0.355. The highest BCUT2D eigenvalue weighted by molar-refractivity contribution is 6.35. The maximum absolute atomic E-state index is 12.8. The summed E-state index contributed by atoms with van der Waals surface area (Å²) in [6.07, 6.45) is 1.78. The van der Waals surface area contributed by atoms with Crippen molar-refractivity contribution in [1.82, 2.24) is 4.98 Å². The molecule has 1 aliphatic heterocycles. The Labute approximate surface area is 171 Å². The van der Waals surface area contributed by atoms with Gasteiger partial charge in [-0.15, -0.1) is 0 Å². The summed E-state index contributed by atoms with van der Waals surface area (Å²) in [5, 5.41) is 1.69. The summed E-state index contributed by atoms with van der Waals surface area (Å²) < 4.78 is 10.7. The fourth-order valence-corrected chi connectivity index (χ4v) is 4.16. The van der Waals surface area contributed by atoms with E-state index in [0.717, 1.165) is 16.5 Å². The molecule has 144 valence electrons. The Hall–Kier alpha value is -2.50. The summed E-state index contributed by atoms with van der Waals surface area (Å²) in [6, 6.07) is 12.6. The fourth-order valence-electron chi connectivity index (χ4n) is 3.63. The van der Waals surface area contributed by atoms with Crippen LogP contribution in [-0.4, -0.2) is 22.7 Å². The number of aromatic amines is 1. The van der Waals surface area contributed by atoms with Gasteiger partial charge in [0.05, 0.1) is 0 Å². The number of ether oxygens (including phenoxy) is 2. The second-order valence-electron chi connectivity index (χ2n) is 7.15. The molecule has 1 saturated heterocycles. The van der Waals surface area contributed by atoms with Gasteiger partial charge in [0.2, 0.25) is 0 Å². The Morgan fingerprint density at radius 1 is 1.00 bits per heavy atom. The summed E-state index contributed by atoms with van der Waals surface area (Å²) in [7, 11) is 0. The van der Waals surface area contributed by atoms with Crippen LogP contribution in [0.2, 0.25) is 10.0 Å². The molecule has 0 saturated carbocycles. The molecule has 28 heavy (non-hydrogen) atoms. The Bertz CT molecular complexity index is 1070. The standard InChI is InChI=1S/C21H17Cl2NO4/c1-21(2)27-19(25)18(20(26)28-21)17(13-8-7-11(22)9-15(13)23)14-10-24-16-6-4-3-5-12(14)16/h3-10,17-18,24H,1-2H3/t17-/m0/s1. The van der Waals surface area contributed by atoms with Crippen molar-refractivity contribution in [2.45, 2.75) is 25.6 Å². The molecule has 1 N–H and O–H groups in total. The number of H-pyrrole nitrogens is 1. The first-order chi connectivity index (χ1) is 13.3. The number of fused-ring (bicyclic) bond motifs is 1. The topological polar surface area (TPSA) is 68.4 Å². The molecule has 1 fully saturated rings. The molecule has 0 amide bonds. The first-order valence-corrected chi connectivity index (χ1v) is 9.49. The van der Waals surface area contributed by atoms with Gasteiger partial charge in [0, 0.05) is 46.9 Å². The monoisotopic (exact) mass is 417 g/mol. The molecule has 1 aromatic heterocycles. The van der Waals surface area contributed by atoms with E-state index in [0.29, 0.717) is 15.6 Å². The second-order valence-corrected chi connectivity index (χ2v) is 8.00. The number of aromatic nitrogens is 1. The Morgan fingerprint density at radius 2 is 1.68 bits per heavy atom. The molecule has 7 heteroatoms. The van der Waals surface area contributed by atoms with E-state index in [-0.39, 0.29) is 0 Å². The van der Waals surface area contributed by atoms with Gasteiger partial charge in [-0.05, 0) is 29.3 Å². The molecule has 1 atom stereocenters. The number of esters is 2. The molecule has 0 aliphatic carbocycles. The number of carbonyl (C=O) groups excluding carboxylic acids is 2. The van der Waals surface area contributed by atoms with Gasteiger partial charge in [-0.1, -0.05) is 47.5 Å². The van der Waals surface area contributed by atoms with E-state index in [4.69, 9.17) is 32.7 Å². The highest BCUT2D eigenvalue weighted by Gasteiger charge is 2.49. The van der Waals surface area contributed by atoms with Crippen molar-refractivity contribution in [3.63, 3.8) is 0 Å². The third kappa shape index (κ3) is 3.25. The van der Waals surface area contributed by atoms with E-state index in [2.05, 4.69) is 4.98 Å². The summed E-state index contributed by atoms with van der Waals surface area (Å²) in [4.78, 5) is 28.9. The van der Waals surface area contributed by atoms with Crippen molar-refractivity contribution in [2.75, 3.05) is 0 Å². The Morgan fingerprint density at radius 3 is 2.36 bits per heavy atom. The van der Waals surface area contributed by atoms with Crippen LogP contribution in [0.25, 0.3) is 10.9 Å². The van der Waals surface area contributed by atoms with E-state index in [1.807, 2.05) is 24.3 Å². The number of benzene rings is 2. The molecule has 2 heterocycles. The number of cyclic esters (lactones) is 2. The molecule has 5 nitrogen and oxygen atoms in total. The average molecular weight is 418 g/mol. The van der Waals surface area contributed by atoms with Crippen molar-refractivity contribution in [1.29, 1.82) is 0 Å². The predicted octanol–water partition coefficient (Wildman–Crippen LogP) is 5.06. The lowest BCUT2D eigenvalue weighted by atomic mass is 9.80. The van der Waals surface area contributed by atoms with E-state index >= 15 is 0 Å². The number of rotatable bonds is 3. The highest BCUT2D eigenvalue weighted by Crippen LogP contribution is 2.43. The van der Waals surface area contributed by atoms with Crippen LogP contribution in [0.1, 0.15) is 30.9 Å². The van der Waals surface area contributed by atoms with Gasteiger partial charge in [0.15, 0.2) is 5.92 Å². The number of halogens is 2. The fraction of sp³-hybridized carbons (Fsp3) is 0.238. The van der Waals surface area contributed by atoms with Crippen LogP contribution in [0.5, 0.6) is 0 Å². The summed E-state index contributed by atoms with van der Waals surface area (Å²) in [5.74, 6) is -4.49. The van der Waals surface area contributed by atoms with Crippen LogP contribution in [0.3, 0.4) is 0 Å². The number of hydrogen-bond acceptors (Lipinski definition) is 4. The molecule has 0 radical (unpaired) electrons. The number of nitrogens with one attached hydrogen (secondary N) is 1. The van der Waals surface area contributed by atoms with Gasteiger partial charge in [-0.2, -0.15) is 0 Å². The zero-order chi connectivity index (χ0) is 20.1. The third-order valence-corrected chi connectivity index (χ3v) is 5.35. The average Bonchev–Trinajstić information content (AvgIpc) is 3.02. The molecular formula is C21H17Cl2NO4. The van der Waals surface area contributed by atoms with Gasteiger partial charge in [0.25, 0.3) is 5.79 Å². The van der Waals surface area contributed by atoms with Crippen molar-refractivity contribution in [3.8, 4) is 0 Å². The maximum Gasteiger partial charge on any atom is 0.324 e. The van der Waals surface area contributed by atoms with Crippen LogP contribution >= 0.6 is 23.2 Å². The third-order valence-electron chi connectivity index (χ3n) is 4.79. The quantitative estimate of drug-likeness (QED) is 0.477. The van der Waals surface area contributed by atoms with Crippen LogP contribution < -0.4 is 0 Å². The van der Waals surface area contributed by atoms with Gasteiger partial charge < -0.3 is 14.5 Å². The summed E-state index contributed by atoms with van der Waals surface area (Å²) >= 11 is 12.5. The SMILES string of the molecule is CC1(C)OC(=O)C([C@@H](c2ccc(Cl)cc2Cl)c2c[nH]c3ccccc23)C(=O)O1. The largest absolute Gasteiger partial charge is 0.422 e. The Kier molecular flexibility index (Phi) is 4.60. The van der Waals surface area contributed by atoms with Crippen molar-refractivity contribution >= 4 is 46.0 Å². The van der Waals surface area contributed by atoms with Gasteiger partial charge >= 0.3 is 11.9 Å². The molecule has 2 aromatic carbocycles. The first-order valence-electron chi connectivity index (χ1n) is 8.73. The lowest BCUT2D eigenvalue weighted by molar-refractivity contribution is -0.240. The molecule has 0 bridgehead atoms. The van der Waals surface area contributed by atoms with E-state index in [1.165, 1.54) is 13.8 Å². The molecule has 4 rings (SSSR count). The van der Waals surface area contributed by atoms with Gasteiger partial charge in [0.1, 0.15) is 0 Å². The van der Waals surface area contributed by atoms with Crippen LogP contribution in [-0.2, 0) is 19.1 Å². The Balaban J connectivity index is 1.92. The molecule has 0 unspecified atom stereocenters. The number of para-hydroxylation sites is 1. The first kappa shape index (κ1) is 18.8. The lowest BCUT2D eigenvalue weighted by Gasteiger charge is -2.36. The van der Waals surface area contributed by atoms with E-state index < -0.39 is 29.6 Å².